The molecule has 3 amide bonds. The molecule has 3 aliphatic rings. The lowest BCUT2D eigenvalue weighted by Gasteiger charge is -2.37. The number of carbonyl (C=O) groups is 3. The van der Waals surface area contributed by atoms with E-state index in [0.29, 0.717) is 39.8 Å². The Morgan fingerprint density at radius 1 is 0.523 bits per heavy atom. The van der Waals surface area contributed by atoms with Gasteiger partial charge in [0.25, 0.3) is 17.7 Å². The second kappa shape index (κ2) is 10.5. The van der Waals surface area contributed by atoms with Crippen molar-refractivity contribution in [3.05, 3.63) is 127 Å². The van der Waals surface area contributed by atoms with Crippen LogP contribution in [0.15, 0.2) is 137 Å². The fourth-order valence-electron chi connectivity index (χ4n) is 6.48. The molecule has 0 aromatic heterocycles. The molecule has 0 saturated carbocycles. The van der Waals surface area contributed by atoms with E-state index in [2.05, 4.69) is 5.10 Å². The quantitative estimate of drug-likeness (QED) is 0.301. The number of hydrogen-bond donors (Lipinski definition) is 0. The summed E-state index contributed by atoms with van der Waals surface area (Å²) in [6.45, 7) is 3.44. The third-order valence-corrected chi connectivity index (χ3v) is 8.45. The van der Waals surface area contributed by atoms with Crippen LogP contribution in [0.4, 0.5) is 17.1 Å². The Morgan fingerprint density at radius 2 is 0.955 bits per heavy atom. The number of para-hydroxylation sites is 3. The Bertz CT molecular complexity index is 1860. The van der Waals surface area contributed by atoms with Gasteiger partial charge >= 0.3 is 0 Å². The first-order valence-electron chi connectivity index (χ1n) is 14.3. The number of hydrogen-bond acceptors (Lipinski definition) is 6. The summed E-state index contributed by atoms with van der Waals surface area (Å²) >= 11 is 0. The fourth-order valence-corrected chi connectivity index (χ4v) is 6.48. The number of anilines is 3. The Kier molecular flexibility index (Phi) is 6.50. The molecule has 4 aromatic carbocycles. The molecule has 9 nitrogen and oxygen atoms in total. The molecule has 3 unspecified atom stereocenters. The molecule has 0 bridgehead atoms. The van der Waals surface area contributed by atoms with Gasteiger partial charge in [0.15, 0.2) is 0 Å². The first-order valence-corrected chi connectivity index (χ1v) is 14.3. The van der Waals surface area contributed by atoms with Crippen LogP contribution in [0.5, 0.6) is 0 Å². The van der Waals surface area contributed by atoms with Gasteiger partial charge in [-0.25, -0.2) is 5.01 Å². The average molecular weight is 581 g/mol. The van der Waals surface area contributed by atoms with E-state index < -0.39 is 35.0 Å². The standard InChI is InChI=1S/C35H28N6O3/c1-23-29(32(42)39(36-23)26-17-9-4-10-18-26)35(24(2)37-41(34(35)44)28-21-13-6-14-22-28)30-31(25-15-7-3-8-16-25)38-40(33(30)43)27-19-11-5-12-20-27/h3-22,29-30H,1-2H3. The fraction of sp³-hybridized carbons (Fsp3) is 0.143. The largest absolute Gasteiger partial charge is 0.272 e. The molecule has 0 aliphatic carbocycles. The van der Waals surface area contributed by atoms with Crippen LogP contribution in [-0.4, -0.2) is 34.9 Å². The minimum Gasteiger partial charge on any atom is -0.272 e. The zero-order valence-corrected chi connectivity index (χ0v) is 24.1. The van der Waals surface area contributed by atoms with E-state index >= 15 is 4.79 Å². The summed E-state index contributed by atoms with van der Waals surface area (Å²) in [5, 5.41) is 18.2. The first kappa shape index (κ1) is 27.2. The molecule has 216 valence electrons. The maximum absolute atomic E-state index is 15.1. The van der Waals surface area contributed by atoms with Crippen LogP contribution in [0.3, 0.4) is 0 Å². The molecule has 0 N–H and O–H groups in total. The van der Waals surface area contributed by atoms with E-state index in [9.17, 15) is 9.59 Å². The van der Waals surface area contributed by atoms with Gasteiger partial charge in [-0.2, -0.15) is 25.3 Å². The summed E-state index contributed by atoms with van der Waals surface area (Å²) in [6, 6.07) is 36.5. The van der Waals surface area contributed by atoms with Crippen LogP contribution >= 0.6 is 0 Å². The predicted molar refractivity (Wildman–Crippen MR) is 170 cm³/mol. The van der Waals surface area contributed by atoms with Crippen LogP contribution in [0.2, 0.25) is 0 Å². The first-order chi connectivity index (χ1) is 21.4. The predicted octanol–water partition coefficient (Wildman–Crippen LogP) is 5.50. The Morgan fingerprint density at radius 3 is 1.48 bits per heavy atom. The van der Waals surface area contributed by atoms with E-state index in [1.165, 1.54) is 15.0 Å². The number of rotatable bonds is 6. The zero-order valence-electron chi connectivity index (χ0n) is 24.1. The highest BCUT2D eigenvalue weighted by Crippen LogP contribution is 2.51. The van der Waals surface area contributed by atoms with E-state index in [1.807, 2.05) is 84.9 Å². The Balaban J connectivity index is 1.46. The molecule has 0 fully saturated rings. The SMILES string of the molecule is CC1=NN(c2ccccc2)C(=O)C1C1(C2C(=O)N(c3ccccc3)N=C2c2ccccc2)C(=O)N(c2ccccc2)N=C1C. The highest BCUT2D eigenvalue weighted by atomic mass is 16.2. The van der Waals surface area contributed by atoms with E-state index in [4.69, 9.17) is 10.2 Å². The highest BCUT2D eigenvalue weighted by Gasteiger charge is 2.69. The lowest BCUT2D eigenvalue weighted by molar-refractivity contribution is -0.136. The summed E-state index contributed by atoms with van der Waals surface area (Å²) in [4.78, 5) is 44.4. The maximum Gasteiger partial charge on any atom is 0.261 e. The number of carbonyl (C=O) groups excluding carboxylic acids is 3. The zero-order chi connectivity index (χ0) is 30.4. The van der Waals surface area contributed by atoms with Crippen LogP contribution in [0.25, 0.3) is 0 Å². The second-order valence-corrected chi connectivity index (χ2v) is 10.9. The second-order valence-electron chi connectivity index (χ2n) is 10.9. The summed E-state index contributed by atoms with van der Waals surface area (Å²) in [5.41, 5.74) is 1.70. The normalized spacial score (nSPS) is 23.3. The molecule has 0 spiro atoms. The monoisotopic (exact) mass is 580 g/mol. The van der Waals surface area contributed by atoms with Gasteiger partial charge in [-0.3, -0.25) is 14.4 Å². The van der Waals surface area contributed by atoms with E-state index in [1.54, 1.807) is 50.2 Å². The van der Waals surface area contributed by atoms with Gasteiger partial charge in [0.2, 0.25) is 0 Å². The molecular formula is C35H28N6O3. The van der Waals surface area contributed by atoms with Crippen LogP contribution < -0.4 is 15.0 Å². The third-order valence-electron chi connectivity index (χ3n) is 8.45. The maximum atomic E-state index is 15.1. The average Bonchev–Trinajstić information content (AvgIpc) is 3.66. The van der Waals surface area contributed by atoms with Crippen molar-refractivity contribution in [2.24, 2.45) is 32.6 Å². The van der Waals surface area contributed by atoms with Crippen LogP contribution in [-0.2, 0) is 14.4 Å². The Labute approximate surface area is 254 Å². The van der Waals surface area contributed by atoms with Crippen molar-refractivity contribution in [2.75, 3.05) is 15.0 Å². The number of nitrogens with zero attached hydrogens (tertiary/aromatic N) is 6. The molecule has 0 radical (unpaired) electrons. The lowest BCUT2D eigenvalue weighted by atomic mass is 9.59. The van der Waals surface area contributed by atoms with Gasteiger partial charge < -0.3 is 0 Å². The van der Waals surface area contributed by atoms with Gasteiger partial charge in [0, 0.05) is 5.71 Å². The minimum absolute atomic E-state index is 0.339. The van der Waals surface area contributed by atoms with Gasteiger partial charge in [-0.15, -0.1) is 0 Å². The topological polar surface area (TPSA) is 98.0 Å². The molecule has 0 saturated heterocycles. The van der Waals surface area contributed by atoms with Gasteiger partial charge in [0.1, 0.15) is 17.3 Å². The lowest BCUT2D eigenvalue weighted by Crippen LogP contribution is -2.59. The molecule has 3 heterocycles. The minimum atomic E-state index is -1.75. The summed E-state index contributed by atoms with van der Waals surface area (Å²) in [6.07, 6.45) is 0. The summed E-state index contributed by atoms with van der Waals surface area (Å²) in [7, 11) is 0. The van der Waals surface area contributed by atoms with E-state index in [-0.39, 0.29) is 0 Å². The highest BCUT2D eigenvalue weighted by molar-refractivity contribution is 6.35. The summed E-state index contributed by atoms with van der Waals surface area (Å²) < 4.78 is 0. The van der Waals surface area contributed by atoms with Crippen molar-refractivity contribution in [1.29, 1.82) is 0 Å². The van der Waals surface area contributed by atoms with Gasteiger partial charge in [-0.1, -0.05) is 84.9 Å². The van der Waals surface area contributed by atoms with Crippen molar-refractivity contribution in [3.8, 4) is 0 Å². The van der Waals surface area contributed by atoms with Gasteiger partial charge in [0.05, 0.1) is 28.5 Å². The molecule has 44 heavy (non-hydrogen) atoms. The molecule has 3 atom stereocenters. The Hall–Kier alpha value is -5.70. The van der Waals surface area contributed by atoms with Crippen molar-refractivity contribution in [2.45, 2.75) is 13.8 Å². The van der Waals surface area contributed by atoms with E-state index in [0.717, 1.165) is 0 Å². The molecule has 7 rings (SSSR count). The smallest absolute Gasteiger partial charge is 0.261 e. The number of hydrazone groups is 3. The van der Waals surface area contributed by atoms with Crippen molar-refractivity contribution in [3.63, 3.8) is 0 Å². The third kappa shape index (κ3) is 4.00. The van der Waals surface area contributed by atoms with Gasteiger partial charge in [-0.05, 0) is 55.8 Å². The molecular weight excluding hydrogens is 552 g/mol. The summed E-state index contributed by atoms with van der Waals surface area (Å²) in [5.74, 6) is -3.62. The van der Waals surface area contributed by atoms with Crippen LogP contribution in [0, 0.1) is 17.3 Å². The molecule has 9 heteroatoms. The number of amides is 3. The van der Waals surface area contributed by atoms with Crippen molar-refractivity contribution in [1.82, 2.24) is 0 Å². The molecule has 3 aliphatic heterocycles. The molecule has 4 aromatic rings. The van der Waals surface area contributed by atoms with Crippen molar-refractivity contribution < 1.29 is 14.4 Å². The van der Waals surface area contributed by atoms with Crippen molar-refractivity contribution >= 4 is 51.9 Å². The number of benzene rings is 4. The van der Waals surface area contributed by atoms with Crippen LogP contribution in [0.1, 0.15) is 19.4 Å².